The van der Waals surface area contributed by atoms with Gasteiger partial charge in [-0.05, 0) is 62.2 Å². The molecule has 202 valence electrons. The Morgan fingerprint density at radius 2 is 1.78 bits per heavy atom. The van der Waals surface area contributed by atoms with Gasteiger partial charge in [-0.25, -0.2) is 9.59 Å². The van der Waals surface area contributed by atoms with Crippen molar-refractivity contribution in [3.63, 3.8) is 0 Å². The van der Waals surface area contributed by atoms with Crippen LogP contribution in [0.4, 0.5) is 41.6 Å². The number of carbonyl (C=O) groups is 2. The SMILES string of the molecule is CC(C)OC(=O)N(C)c1ccc(OC(F)(F)F)cc1CN1C(=O)O[C@H](c2cccc(C(F)(F)F)c2)[C@@H]1C. The summed E-state index contributed by atoms with van der Waals surface area (Å²) in [6.07, 6.45) is -12.8. The summed E-state index contributed by atoms with van der Waals surface area (Å²) in [6, 6.07) is 6.74. The molecule has 0 N–H and O–H groups in total. The second-order valence-electron chi connectivity index (χ2n) is 8.63. The number of benzene rings is 2. The number of ether oxygens (including phenoxy) is 3. The van der Waals surface area contributed by atoms with E-state index in [0.717, 1.165) is 34.1 Å². The van der Waals surface area contributed by atoms with E-state index in [9.17, 15) is 35.9 Å². The first-order valence-electron chi connectivity index (χ1n) is 11.0. The number of halogens is 6. The van der Waals surface area contributed by atoms with E-state index < -0.39 is 54.3 Å². The van der Waals surface area contributed by atoms with Crippen molar-refractivity contribution in [2.24, 2.45) is 0 Å². The number of amides is 2. The van der Waals surface area contributed by atoms with Gasteiger partial charge in [0.25, 0.3) is 0 Å². The van der Waals surface area contributed by atoms with Crippen LogP contribution in [-0.4, -0.2) is 42.6 Å². The van der Waals surface area contributed by atoms with Crippen molar-refractivity contribution in [3.05, 3.63) is 59.2 Å². The van der Waals surface area contributed by atoms with Gasteiger partial charge in [0.15, 0.2) is 0 Å². The molecule has 2 atom stereocenters. The van der Waals surface area contributed by atoms with Crippen LogP contribution in [0.1, 0.15) is 43.6 Å². The topological polar surface area (TPSA) is 68.3 Å². The van der Waals surface area contributed by atoms with Gasteiger partial charge < -0.3 is 14.2 Å². The summed E-state index contributed by atoms with van der Waals surface area (Å²) in [5, 5.41) is 0. The average molecular weight is 534 g/mol. The van der Waals surface area contributed by atoms with Crippen molar-refractivity contribution in [2.45, 2.75) is 58.1 Å². The molecule has 13 heteroatoms. The van der Waals surface area contributed by atoms with Crippen LogP contribution in [0.25, 0.3) is 0 Å². The molecule has 1 heterocycles. The fourth-order valence-electron chi connectivity index (χ4n) is 3.83. The van der Waals surface area contributed by atoms with Crippen LogP contribution in [-0.2, 0) is 22.2 Å². The number of anilines is 1. The third-order valence-corrected chi connectivity index (χ3v) is 5.53. The third kappa shape index (κ3) is 6.77. The van der Waals surface area contributed by atoms with Crippen molar-refractivity contribution >= 4 is 17.9 Å². The molecule has 1 saturated heterocycles. The van der Waals surface area contributed by atoms with Gasteiger partial charge in [-0.3, -0.25) is 9.80 Å². The number of rotatable bonds is 6. The van der Waals surface area contributed by atoms with Gasteiger partial charge >= 0.3 is 24.7 Å². The Hall–Kier alpha value is -3.64. The fourth-order valence-corrected chi connectivity index (χ4v) is 3.83. The van der Waals surface area contributed by atoms with Gasteiger partial charge in [0, 0.05) is 7.05 Å². The minimum atomic E-state index is -4.99. The summed E-state index contributed by atoms with van der Waals surface area (Å²) in [4.78, 5) is 27.3. The number of hydrogen-bond donors (Lipinski definition) is 0. The molecule has 0 saturated carbocycles. The monoisotopic (exact) mass is 534 g/mol. The second kappa shape index (κ2) is 10.4. The first kappa shape index (κ1) is 27.9. The zero-order valence-corrected chi connectivity index (χ0v) is 20.2. The van der Waals surface area contributed by atoms with Gasteiger partial charge in [-0.15, -0.1) is 13.2 Å². The highest BCUT2D eigenvalue weighted by Crippen LogP contribution is 2.38. The Kier molecular flexibility index (Phi) is 7.84. The normalized spacial score (nSPS) is 18.1. The molecule has 7 nitrogen and oxygen atoms in total. The lowest BCUT2D eigenvalue weighted by molar-refractivity contribution is -0.274. The van der Waals surface area contributed by atoms with Gasteiger partial charge in [0.2, 0.25) is 0 Å². The van der Waals surface area contributed by atoms with Crippen molar-refractivity contribution < 1.29 is 50.1 Å². The van der Waals surface area contributed by atoms with Crippen LogP contribution in [0.5, 0.6) is 5.75 Å². The van der Waals surface area contributed by atoms with E-state index in [-0.39, 0.29) is 23.4 Å². The predicted octanol–water partition coefficient (Wildman–Crippen LogP) is 6.67. The molecule has 0 spiro atoms. The van der Waals surface area contributed by atoms with Gasteiger partial charge in [0.1, 0.15) is 11.9 Å². The Morgan fingerprint density at radius 3 is 2.38 bits per heavy atom. The van der Waals surface area contributed by atoms with E-state index in [4.69, 9.17) is 9.47 Å². The molecule has 0 aliphatic carbocycles. The Labute approximate surface area is 208 Å². The lowest BCUT2D eigenvalue weighted by atomic mass is 10.0. The van der Waals surface area contributed by atoms with Crippen LogP contribution < -0.4 is 9.64 Å². The summed E-state index contributed by atoms with van der Waals surface area (Å²) < 4.78 is 92.4. The molecule has 1 aliphatic heterocycles. The highest BCUT2D eigenvalue weighted by molar-refractivity contribution is 5.88. The zero-order chi connectivity index (χ0) is 27.7. The molecule has 0 aromatic heterocycles. The molecule has 1 aliphatic rings. The number of nitrogens with zero attached hydrogens (tertiary/aromatic N) is 2. The lowest BCUT2D eigenvalue weighted by Gasteiger charge is -2.26. The second-order valence-corrected chi connectivity index (χ2v) is 8.63. The van der Waals surface area contributed by atoms with Crippen LogP contribution in [0.3, 0.4) is 0 Å². The first-order chi connectivity index (χ1) is 17.1. The van der Waals surface area contributed by atoms with E-state index in [2.05, 4.69) is 4.74 Å². The van der Waals surface area contributed by atoms with Crippen LogP contribution in [0.15, 0.2) is 42.5 Å². The maximum absolute atomic E-state index is 13.2. The molecule has 0 unspecified atom stereocenters. The largest absolute Gasteiger partial charge is 0.573 e. The molecule has 0 bridgehead atoms. The van der Waals surface area contributed by atoms with Gasteiger partial charge in [-0.2, -0.15) is 13.2 Å². The molecule has 0 radical (unpaired) electrons. The van der Waals surface area contributed by atoms with E-state index >= 15 is 0 Å². The zero-order valence-electron chi connectivity index (χ0n) is 20.2. The Balaban J connectivity index is 1.94. The quantitative estimate of drug-likeness (QED) is 0.388. The molecular formula is C24H24F6N2O5. The van der Waals surface area contributed by atoms with Crippen LogP contribution >= 0.6 is 0 Å². The summed E-state index contributed by atoms with van der Waals surface area (Å²) in [5.41, 5.74) is -0.609. The average Bonchev–Trinajstić information content (AvgIpc) is 3.05. The molecule has 2 amide bonds. The molecule has 37 heavy (non-hydrogen) atoms. The Morgan fingerprint density at radius 1 is 1.11 bits per heavy atom. The fraction of sp³-hybridized carbons (Fsp3) is 0.417. The number of hydrogen-bond acceptors (Lipinski definition) is 5. The van der Waals surface area contributed by atoms with Crippen LogP contribution in [0, 0.1) is 0 Å². The highest BCUT2D eigenvalue weighted by Gasteiger charge is 2.41. The maximum atomic E-state index is 13.2. The van der Waals surface area contributed by atoms with Crippen molar-refractivity contribution in [1.29, 1.82) is 0 Å². The smallest absolute Gasteiger partial charge is 0.446 e. The molecule has 1 fully saturated rings. The maximum Gasteiger partial charge on any atom is 0.573 e. The van der Waals surface area contributed by atoms with E-state index in [1.807, 2.05) is 0 Å². The summed E-state index contributed by atoms with van der Waals surface area (Å²) in [5.74, 6) is -0.591. The highest BCUT2D eigenvalue weighted by atomic mass is 19.4. The van der Waals surface area contributed by atoms with Crippen molar-refractivity contribution in [1.82, 2.24) is 4.90 Å². The minimum Gasteiger partial charge on any atom is -0.446 e. The summed E-state index contributed by atoms with van der Waals surface area (Å²) in [6.45, 7) is 4.42. The van der Waals surface area contributed by atoms with Crippen molar-refractivity contribution in [3.8, 4) is 5.75 Å². The molecular weight excluding hydrogens is 510 g/mol. The predicted molar refractivity (Wildman–Crippen MR) is 119 cm³/mol. The van der Waals surface area contributed by atoms with Crippen LogP contribution in [0.2, 0.25) is 0 Å². The standard InChI is InChI=1S/C24H24F6N2O5/c1-13(2)35-21(33)31(4)19-9-8-18(37-24(28,29)30)11-16(19)12-32-14(3)20(36-22(32)34)15-6-5-7-17(10-15)23(25,26)27/h5-11,13-14,20H,12H2,1-4H3/t14-,20-/m0/s1. The van der Waals surface area contributed by atoms with E-state index in [0.29, 0.717) is 0 Å². The van der Waals surface area contributed by atoms with Gasteiger partial charge in [-0.1, -0.05) is 12.1 Å². The number of cyclic esters (lactones) is 1. The van der Waals surface area contributed by atoms with E-state index in [1.54, 1.807) is 13.8 Å². The first-order valence-corrected chi connectivity index (χ1v) is 11.0. The van der Waals surface area contributed by atoms with Crippen molar-refractivity contribution in [2.75, 3.05) is 11.9 Å². The molecule has 3 rings (SSSR count). The third-order valence-electron chi connectivity index (χ3n) is 5.53. The van der Waals surface area contributed by atoms with E-state index in [1.165, 1.54) is 32.2 Å². The summed E-state index contributed by atoms with van der Waals surface area (Å²) >= 11 is 0. The minimum absolute atomic E-state index is 0.0819. The number of carbonyl (C=O) groups excluding carboxylic acids is 2. The van der Waals surface area contributed by atoms with Gasteiger partial charge in [0.05, 0.1) is 29.9 Å². The lowest BCUT2D eigenvalue weighted by Crippen LogP contribution is -2.34. The molecule has 2 aromatic carbocycles. The Bertz CT molecular complexity index is 1150. The number of alkyl halides is 6. The summed E-state index contributed by atoms with van der Waals surface area (Å²) in [7, 11) is 1.34. The molecule has 2 aromatic rings.